The fourth-order valence-corrected chi connectivity index (χ4v) is 1.40. The van der Waals surface area contributed by atoms with Crippen LogP contribution in [0.1, 0.15) is 6.04 Å². The van der Waals surface area contributed by atoms with Crippen LogP contribution in [0, 0.1) is 0 Å². The molecule has 6 nitrogen and oxygen atoms in total. The molecule has 1 aromatic rings. The summed E-state index contributed by atoms with van der Waals surface area (Å²) in [6, 6.07) is 0.277. The van der Waals surface area contributed by atoms with Crippen LogP contribution in [-0.2, 0) is 11.3 Å². The Morgan fingerprint density at radius 1 is 1.71 bits per heavy atom. The highest BCUT2D eigenvalue weighted by atomic mass is 16.5. The van der Waals surface area contributed by atoms with Gasteiger partial charge in [-0.25, -0.2) is 9.48 Å². The Balaban J connectivity index is 2.11. The quantitative estimate of drug-likeness (QED) is 0.662. The van der Waals surface area contributed by atoms with Gasteiger partial charge in [-0.1, -0.05) is 0 Å². The van der Waals surface area contributed by atoms with Crippen molar-refractivity contribution in [2.24, 2.45) is 0 Å². The largest absolute Gasteiger partial charge is 0.383 e. The second-order valence-corrected chi connectivity index (χ2v) is 3.35. The Kier molecular flexibility index (Phi) is 2.64. The number of rotatable bonds is 4. The summed E-state index contributed by atoms with van der Waals surface area (Å²) in [5, 5.41) is 7.13. The van der Waals surface area contributed by atoms with E-state index in [9.17, 15) is 4.79 Å². The van der Waals surface area contributed by atoms with E-state index in [1.54, 1.807) is 18.0 Å². The highest BCUT2D eigenvalue weighted by Crippen LogP contribution is 2.06. The van der Waals surface area contributed by atoms with Gasteiger partial charge in [0.15, 0.2) is 0 Å². The summed E-state index contributed by atoms with van der Waals surface area (Å²) in [6.07, 6.45) is 1.60. The Hall–Kier alpha value is -1.14. The van der Waals surface area contributed by atoms with E-state index in [2.05, 4.69) is 10.4 Å². The van der Waals surface area contributed by atoms with Crippen molar-refractivity contribution in [2.45, 2.75) is 12.6 Å². The predicted molar refractivity (Wildman–Crippen MR) is 50.3 cm³/mol. The van der Waals surface area contributed by atoms with E-state index in [1.807, 2.05) is 0 Å². The first-order valence-corrected chi connectivity index (χ1v) is 4.66. The molecule has 1 aliphatic rings. The number of methoxy groups -OCH3 is 1. The molecule has 0 amide bonds. The molecule has 0 spiro atoms. The SMILES string of the molecule is COCCn1ncn(C2CNC2)c1=O. The van der Waals surface area contributed by atoms with Crippen LogP contribution in [0.5, 0.6) is 0 Å². The number of nitrogens with zero attached hydrogens (tertiary/aromatic N) is 3. The summed E-state index contributed by atoms with van der Waals surface area (Å²) in [6.45, 7) is 2.74. The molecular weight excluding hydrogens is 184 g/mol. The van der Waals surface area contributed by atoms with Gasteiger partial charge < -0.3 is 10.1 Å². The molecular formula is C8H14N4O2. The van der Waals surface area contributed by atoms with Crippen molar-refractivity contribution in [3.8, 4) is 0 Å². The second-order valence-electron chi connectivity index (χ2n) is 3.35. The summed E-state index contributed by atoms with van der Waals surface area (Å²) in [5.41, 5.74) is -0.0476. The van der Waals surface area contributed by atoms with Gasteiger partial charge in [-0.05, 0) is 0 Å². The van der Waals surface area contributed by atoms with Crippen molar-refractivity contribution >= 4 is 0 Å². The normalized spacial score (nSPS) is 16.9. The van der Waals surface area contributed by atoms with E-state index < -0.39 is 0 Å². The molecule has 0 atom stereocenters. The van der Waals surface area contributed by atoms with E-state index in [1.165, 1.54) is 4.68 Å². The third-order valence-corrected chi connectivity index (χ3v) is 2.42. The summed E-state index contributed by atoms with van der Waals surface area (Å²) in [4.78, 5) is 11.7. The average molecular weight is 198 g/mol. The zero-order valence-electron chi connectivity index (χ0n) is 8.14. The maximum atomic E-state index is 11.7. The van der Waals surface area contributed by atoms with Crippen molar-refractivity contribution in [1.29, 1.82) is 0 Å². The molecule has 2 rings (SSSR count). The van der Waals surface area contributed by atoms with Crippen LogP contribution in [-0.4, -0.2) is 41.2 Å². The van der Waals surface area contributed by atoms with E-state index in [-0.39, 0.29) is 11.7 Å². The van der Waals surface area contributed by atoms with Crippen LogP contribution in [0.25, 0.3) is 0 Å². The van der Waals surface area contributed by atoms with E-state index in [4.69, 9.17) is 4.74 Å². The molecule has 0 radical (unpaired) electrons. The Bertz CT molecular complexity index is 352. The van der Waals surface area contributed by atoms with Crippen molar-refractivity contribution in [2.75, 3.05) is 26.8 Å². The van der Waals surface area contributed by atoms with Gasteiger partial charge in [-0.3, -0.25) is 4.57 Å². The van der Waals surface area contributed by atoms with Gasteiger partial charge in [0.25, 0.3) is 0 Å². The average Bonchev–Trinajstić information content (AvgIpc) is 2.43. The number of nitrogens with one attached hydrogen (secondary N) is 1. The minimum Gasteiger partial charge on any atom is -0.383 e. The molecule has 0 saturated carbocycles. The molecule has 1 saturated heterocycles. The standard InChI is InChI=1S/C8H14N4O2/c1-14-3-2-12-8(13)11(6-10-12)7-4-9-5-7/h6-7,9H,2-5H2,1H3. The van der Waals surface area contributed by atoms with Gasteiger partial charge in [0.2, 0.25) is 0 Å². The molecule has 1 fully saturated rings. The topological polar surface area (TPSA) is 61.1 Å². The second kappa shape index (κ2) is 3.93. The molecule has 1 aromatic heterocycles. The van der Waals surface area contributed by atoms with E-state index >= 15 is 0 Å². The van der Waals surface area contributed by atoms with Crippen LogP contribution in [0.3, 0.4) is 0 Å². The van der Waals surface area contributed by atoms with Gasteiger partial charge in [0.05, 0.1) is 19.2 Å². The molecule has 1 aliphatic heterocycles. The first-order valence-electron chi connectivity index (χ1n) is 4.66. The van der Waals surface area contributed by atoms with Crippen LogP contribution >= 0.6 is 0 Å². The van der Waals surface area contributed by atoms with Gasteiger partial charge in [-0.2, -0.15) is 5.10 Å². The summed E-state index contributed by atoms with van der Waals surface area (Å²) >= 11 is 0. The zero-order chi connectivity index (χ0) is 9.97. The molecule has 14 heavy (non-hydrogen) atoms. The van der Waals surface area contributed by atoms with Gasteiger partial charge >= 0.3 is 5.69 Å². The molecule has 0 unspecified atom stereocenters. The highest BCUT2D eigenvalue weighted by molar-refractivity contribution is 4.85. The molecule has 0 aromatic carbocycles. The molecule has 1 N–H and O–H groups in total. The third kappa shape index (κ3) is 1.58. The molecule has 0 aliphatic carbocycles. The minimum atomic E-state index is -0.0476. The van der Waals surface area contributed by atoms with Gasteiger partial charge in [0, 0.05) is 20.2 Å². The first-order chi connectivity index (χ1) is 6.83. The zero-order valence-corrected chi connectivity index (χ0v) is 8.14. The lowest BCUT2D eigenvalue weighted by Gasteiger charge is -2.26. The van der Waals surface area contributed by atoms with Crippen LogP contribution in [0.4, 0.5) is 0 Å². The third-order valence-electron chi connectivity index (χ3n) is 2.42. The van der Waals surface area contributed by atoms with Gasteiger partial charge in [0.1, 0.15) is 6.33 Å². The van der Waals surface area contributed by atoms with E-state index in [0.29, 0.717) is 13.2 Å². The predicted octanol–water partition coefficient (Wildman–Crippen LogP) is -1.16. The Morgan fingerprint density at radius 2 is 2.50 bits per heavy atom. The molecule has 6 heteroatoms. The van der Waals surface area contributed by atoms with Crippen molar-refractivity contribution in [1.82, 2.24) is 19.7 Å². The maximum absolute atomic E-state index is 11.7. The number of aromatic nitrogens is 3. The lowest BCUT2D eigenvalue weighted by Crippen LogP contribution is -2.46. The van der Waals surface area contributed by atoms with Crippen molar-refractivity contribution < 1.29 is 4.74 Å². The smallest absolute Gasteiger partial charge is 0.346 e. The molecule has 78 valence electrons. The molecule has 2 heterocycles. The monoisotopic (exact) mass is 198 g/mol. The highest BCUT2D eigenvalue weighted by Gasteiger charge is 2.21. The minimum absolute atomic E-state index is 0.0476. The lowest BCUT2D eigenvalue weighted by atomic mass is 10.2. The van der Waals surface area contributed by atoms with E-state index in [0.717, 1.165) is 13.1 Å². The van der Waals surface area contributed by atoms with Crippen molar-refractivity contribution in [3.05, 3.63) is 16.8 Å². The van der Waals surface area contributed by atoms with Gasteiger partial charge in [-0.15, -0.1) is 0 Å². The number of hydrogen-bond donors (Lipinski definition) is 1. The number of hydrogen-bond acceptors (Lipinski definition) is 4. The summed E-state index contributed by atoms with van der Waals surface area (Å²) in [7, 11) is 1.61. The maximum Gasteiger partial charge on any atom is 0.346 e. The molecule has 0 bridgehead atoms. The van der Waals surface area contributed by atoms with Crippen molar-refractivity contribution in [3.63, 3.8) is 0 Å². The number of ether oxygens (including phenoxy) is 1. The fourth-order valence-electron chi connectivity index (χ4n) is 1.40. The summed E-state index contributed by atoms with van der Waals surface area (Å²) in [5.74, 6) is 0. The van der Waals surface area contributed by atoms with Crippen LogP contribution in [0.2, 0.25) is 0 Å². The fraction of sp³-hybridized carbons (Fsp3) is 0.750. The Morgan fingerprint density at radius 3 is 3.07 bits per heavy atom. The first kappa shape index (κ1) is 9.42. The lowest BCUT2D eigenvalue weighted by molar-refractivity contribution is 0.181. The van der Waals surface area contributed by atoms with Crippen LogP contribution in [0.15, 0.2) is 11.1 Å². The Labute approximate surface area is 81.5 Å². The summed E-state index contributed by atoms with van der Waals surface area (Å²) < 4.78 is 7.99. The van der Waals surface area contributed by atoms with Crippen LogP contribution < -0.4 is 11.0 Å².